The molecule has 1 fully saturated rings. The largest absolute Gasteiger partial charge is 0.352 e. The maximum absolute atomic E-state index is 13.8. The lowest BCUT2D eigenvalue weighted by atomic mass is 10.0. The van der Waals surface area contributed by atoms with E-state index in [4.69, 9.17) is 23.2 Å². The molecular weight excluding hydrogens is 559 g/mol. The summed E-state index contributed by atoms with van der Waals surface area (Å²) in [5, 5.41) is 4.08. The van der Waals surface area contributed by atoms with Crippen LogP contribution in [-0.4, -0.2) is 28.8 Å². The van der Waals surface area contributed by atoms with Gasteiger partial charge >= 0.3 is 0 Å². The summed E-state index contributed by atoms with van der Waals surface area (Å²) in [6.07, 6.45) is 4.75. The van der Waals surface area contributed by atoms with Crippen molar-refractivity contribution in [2.75, 3.05) is 0 Å². The number of nitrogens with one attached hydrogen (secondary N) is 1. The average molecular weight is 588 g/mol. The van der Waals surface area contributed by atoms with Gasteiger partial charge in [0.1, 0.15) is 6.04 Å². The van der Waals surface area contributed by atoms with Crippen LogP contribution >= 0.6 is 39.1 Å². The molecule has 0 aliphatic heterocycles. The fourth-order valence-corrected chi connectivity index (χ4v) is 5.22. The number of nitrogens with zero attached hydrogens (tertiary/aromatic N) is 1. The lowest BCUT2D eigenvalue weighted by Crippen LogP contribution is -2.52. The van der Waals surface area contributed by atoms with Crippen LogP contribution in [0, 0.1) is 0 Å². The van der Waals surface area contributed by atoms with Crippen molar-refractivity contribution in [2.24, 2.45) is 0 Å². The van der Waals surface area contributed by atoms with E-state index in [0.29, 0.717) is 23.0 Å². The molecule has 1 aliphatic carbocycles. The first-order valence-electron chi connectivity index (χ1n) is 12.2. The lowest BCUT2D eigenvalue weighted by Gasteiger charge is -2.32. The summed E-state index contributed by atoms with van der Waals surface area (Å²) in [6, 6.07) is 22.4. The molecule has 2 amide bonds. The normalized spacial score (nSPS) is 14.4. The van der Waals surface area contributed by atoms with Gasteiger partial charge in [0, 0.05) is 23.5 Å². The van der Waals surface area contributed by atoms with Gasteiger partial charge in [0.25, 0.3) is 0 Å². The number of halogens is 3. The van der Waals surface area contributed by atoms with Crippen molar-refractivity contribution >= 4 is 50.9 Å². The molecule has 1 atom stereocenters. The quantitative estimate of drug-likeness (QED) is 0.293. The number of rotatable bonds is 9. The third-order valence-electron chi connectivity index (χ3n) is 6.58. The topological polar surface area (TPSA) is 49.4 Å². The van der Waals surface area contributed by atoms with E-state index in [1.54, 1.807) is 23.1 Å². The average Bonchev–Trinajstić information content (AvgIpc) is 3.38. The highest BCUT2D eigenvalue weighted by Gasteiger charge is 2.32. The van der Waals surface area contributed by atoms with Crippen LogP contribution in [0.3, 0.4) is 0 Å². The van der Waals surface area contributed by atoms with Crippen LogP contribution in [0.5, 0.6) is 0 Å². The van der Waals surface area contributed by atoms with E-state index in [9.17, 15) is 9.59 Å². The predicted molar refractivity (Wildman–Crippen MR) is 149 cm³/mol. The molecule has 0 spiro atoms. The number of hydrogen-bond donors (Lipinski definition) is 1. The fraction of sp³-hybridized carbons (Fsp3) is 0.310. The molecule has 7 heteroatoms. The summed E-state index contributed by atoms with van der Waals surface area (Å²) in [7, 11) is 0. The van der Waals surface area contributed by atoms with Crippen molar-refractivity contribution < 1.29 is 9.59 Å². The lowest BCUT2D eigenvalue weighted by molar-refractivity contribution is -0.141. The SMILES string of the molecule is O=C(NC1CCCC1)C(Cc1ccccc1)N(Cc1ccc(Br)cc1)C(=O)Cc1ccc(Cl)c(Cl)c1. The summed E-state index contributed by atoms with van der Waals surface area (Å²) in [5.41, 5.74) is 2.71. The van der Waals surface area contributed by atoms with Gasteiger partial charge in [0.05, 0.1) is 16.5 Å². The van der Waals surface area contributed by atoms with E-state index < -0.39 is 6.04 Å². The number of hydrogen-bond acceptors (Lipinski definition) is 2. The molecule has 1 saturated carbocycles. The number of carbonyl (C=O) groups is 2. The smallest absolute Gasteiger partial charge is 0.243 e. The highest BCUT2D eigenvalue weighted by Crippen LogP contribution is 2.25. The van der Waals surface area contributed by atoms with Gasteiger partial charge in [-0.1, -0.05) is 101 Å². The first-order valence-corrected chi connectivity index (χ1v) is 13.8. The van der Waals surface area contributed by atoms with E-state index in [0.717, 1.165) is 46.8 Å². The fourth-order valence-electron chi connectivity index (χ4n) is 4.63. The number of amides is 2. The molecule has 0 aromatic heterocycles. The third-order valence-corrected chi connectivity index (χ3v) is 7.85. The molecule has 3 aromatic rings. The molecule has 3 aromatic carbocycles. The minimum atomic E-state index is -0.646. The van der Waals surface area contributed by atoms with Crippen LogP contribution in [0.15, 0.2) is 77.3 Å². The monoisotopic (exact) mass is 586 g/mol. The van der Waals surface area contributed by atoms with Gasteiger partial charge in [-0.2, -0.15) is 0 Å². The van der Waals surface area contributed by atoms with E-state index in [2.05, 4.69) is 21.2 Å². The van der Waals surface area contributed by atoms with Crippen molar-refractivity contribution in [1.82, 2.24) is 10.2 Å². The van der Waals surface area contributed by atoms with Crippen LogP contribution < -0.4 is 5.32 Å². The Labute approximate surface area is 231 Å². The highest BCUT2D eigenvalue weighted by atomic mass is 79.9. The molecule has 0 bridgehead atoms. The molecule has 1 unspecified atom stereocenters. The second-order valence-electron chi connectivity index (χ2n) is 9.27. The van der Waals surface area contributed by atoms with Gasteiger partial charge in [-0.05, 0) is 53.8 Å². The van der Waals surface area contributed by atoms with Crippen molar-refractivity contribution in [3.63, 3.8) is 0 Å². The first-order chi connectivity index (χ1) is 17.4. The number of carbonyl (C=O) groups excluding carboxylic acids is 2. The molecule has 0 heterocycles. The van der Waals surface area contributed by atoms with Gasteiger partial charge in [-0.25, -0.2) is 0 Å². The van der Waals surface area contributed by atoms with Gasteiger partial charge in [0.2, 0.25) is 11.8 Å². The Morgan fingerprint density at radius 1 is 0.889 bits per heavy atom. The minimum Gasteiger partial charge on any atom is -0.352 e. The van der Waals surface area contributed by atoms with Crippen LogP contribution in [0.4, 0.5) is 0 Å². The molecular formula is C29H29BrCl2N2O2. The van der Waals surface area contributed by atoms with E-state index >= 15 is 0 Å². The molecule has 4 nitrogen and oxygen atoms in total. The van der Waals surface area contributed by atoms with Crippen molar-refractivity contribution in [1.29, 1.82) is 0 Å². The molecule has 188 valence electrons. The van der Waals surface area contributed by atoms with Gasteiger partial charge in [0.15, 0.2) is 0 Å². The Morgan fingerprint density at radius 3 is 2.22 bits per heavy atom. The summed E-state index contributed by atoms with van der Waals surface area (Å²) in [4.78, 5) is 29.2. The molecule has 0 saturated heterocycles. The maximum Gasteiger partial charge on any atom is 0.243 e. The van der Waals surface area contributed by atoms with Crippen molar-refractivity contribution in [2.45, 2.75) is 57.2 Å². The van der Waals surface area contributed by atoms with E-state index in [-0.39, 0.29) is 24.3 Å². The summed E-state index contributed by atoms with van der Waals surface area (Å²) in [6.45, 7) is 0.322. The number of benzene rings is 3. The van der Waals surface area contributed by atoms with Gasteiger partial charge < -0.3 is 10.2 Å². The zero-order valence-corrected chi connectivity index (χ0v) is 23.0. The molecule has 4 rings (SSSR count). The van der Waals surface area contributed by atoms with Gasteiger partial charge in [-0.15, -0.1) is 0 Å². The standard InChI is InChI=1S/C29H29BrCl2N2O2/c30-23-13-10-21(11-14-23)19-34(28(35)18-22-12-15-25(31)26(32)16-22)27(17-20-6-2-1-3-7-20)29(36)33-24-8-4-5-9-24/h1-3,6-7,10-16,24,27H,4-5,8-9,17-19H2,(H,33,36). The minimum absolute atomic E-state index is 0.106. The Balaban J connectivity index is 1.66. The summed E-state index contributed by atoms with van der Waals surface area (Å²) >= 11 is 15.8. The summed E-state index contributed by atoms with van der Waals surface area (Å²) < 4.78 is 0.958. The van der Waals surface area contributed by atoms with Crippen LogP contribution in [-0.2, 0) is 29.0 Å². The summed E-state index contributed by atoms with van der Waals surface area (Å²) in [5.74, 6) is -0.246. The third kappa shape index (κ3) is 7.34. The second kappa shape index (κ2) is 12.8. The van der Waals surface area contributed by atoms with E-state index in [1.165, 1.54) is 0 Å². The zero-order valence-electron chi connectivity index (χ0n) is 19.9. The molecule has 1 aliphatic rings. The van der Waals surface area contributed by atoms with Gasteiger partial charge in [-0.3, -0.25) is 9.59 Å². The second-order valence-corrected chi connectivity index (χ2v) is 11.0. The Morgan fingerprint density at radius 2 is 1.56 bits per heavy atom. The molecule has 36 heavy (non-hydrogen) atoms. The maximum atomic E-state index is 13.8. The molecule has 0 radical (unpaired) electrons. The van der Waals surface area contributed by atoms with Crippen molar-refractivity contribution in [3.05, 3.63) is 104 Å². The Kier molecular flexibility index (Phi) is 9.47. The Hall–Kier alpha value is -2.34. The van der Waals surface area contributed by atoms with E-state index in [1.807, 2.05) is 54.6 Å². The predicted octanol–water partition coefficient (Wildman–Crippen LogP) is 7.00. The van der Waals surface area contributed by atoms with Crippen LogP contribution in [0.1, 0.15) is 42.4 Å². The van der Waals surface area contributed by atoms with Crippen LogP contribution in [0.25, 0.3) is 0 Å². The van der Waals surface area contributed by atoms with Crippen LogP contribution in [0.2, 0.25) is 10.0 Å². The highest BCUT2D eigenvalue weighted by molar-refractivity contribution is 9.10. The first kappa shape index (κ1) is 26.7. The zero-order chi connectivity index (χ0) is 25.5. The molecule has 1 N–H and O–H groups in total. The Bertz CT molecular complexity index is 1180. The van der Waals surface area contributed by atoms with Crippen molar-refractivity contribution in [3.8, 4) is 0 Å².